The second-order valence-corrected chi connectivity index (χ2v) is 7.37. The van der Waals surface area contributed by atoms with Gasteiger partial charge in [0.15, 0.2) is 0 Å². The summed E-state index contributed by atoms with van der Waals surface area (Å²) in [6.07, 6.45) is 0.699. The molecule has 0 aliphatic heterocycles. The highest BCUT2D eigenvalue weighted by molar-refractivity contribution is 7.99. The lowest BCUT2D eigenvalue weighted by Crippen LogP contribution is -2.21. The molecule has 1 aromatic carbocycles. The molecule has 0 spiro atoms. The number of hydrogen-bond acceptors (Lipinski definition) is 5. The molecule has 5 heteroatoms. The predicted octanol–water partition coefficient (Wildman–Crippen LogP) is 4.12. The minimum Gasteiger partial charge on any atom is -0.416 e. The second kappa shape index (κ2) is 7.09. The molecule has 0 bridgehead atoms. The molecule has 1 atom stereocenters. The highest BCUT2D eigenvalue weighted by Gasteiger charge is 2.22. The van der Waals surface area contributed by atoms with Crippen LogP contribution in [0, 0.1) is 5.41 Å². The number of benzene rings is 1. The van der Waals surface area contributed by atoms with Crippen LogP contribution in [0.3, 0.4) is 0 Å². The van der Waals surface area contributed by atoms with E-state index in [1.807, 2.05) is 39.0 Å². The molecular formula is C17H22N2O2S. The zero-order valence-corrected chi connectivity index (χ0v) is 14.3. The Kier molecular flexibility index (Phi) is 5.40. The molecule has 1 aromatic heterocycles. The van der Waals surface area contributed by atoms with Crippen LogP contribution in [0.4, 0.5) is 0 Å². The van der Waals surface area contributed by atoms with Gasteiger partial charge in [-0.25, -0.2) is 0 Å². The first kappa shape index (κ1) is 16.7. The van der Waals surface area contributed by atoms with Crippen molar-refractivity contribution in [2.75, 3.05) is 5.75 Å². The lowest BCUT2D eigenvalue weighted by molar-refractivity contribution is -0.123. The van der Waals surface area contributed by atoms with Gasteiger partial charge in [-0.15, -0.1) is 10.2 Å². The Morgan fingerprint density at radius 1 is 1.23 bits per heavy atom. The number of thioether (sulfide) groups is 1. The zero-order chi connectivity index (χ0) is 16.2. The molecule has 0 aliphatic carbocycles. The van der Waals surface area contributed by atoms with E-state index < -0.39 is 0 Å². The second-order valence-electron chi connectivity index (χ2n) is 6.44. The van der Waals surface area contributed by atoms with Crippen molar-refractivity contribution >= 4 is 17.5 Å². The summed E-state index contributed by atoms with van der Waals surface area (Å²) in [5.74, 6) is 1.46. The number of hydrogen-bond donors (Lipinski definition) is 0. The topological polar surface area (TPSA) is 56.0 Å². The fourth-order valence-corrected chi connectivity index (χ4v) is 2.83. The third-order valence-electron chi connectivity index (χ3n) is 3.46. The molecule has 1 unspecified atom stereocenters. The van der Waals surface area contributed by atoms with Crippen molar-refractivity contribution in [2.24, 2.45) is 5.41 Å². The largest absolute Gasteiger partial charge is 0.416 e. The van der Waals surface area contributed by atoms with Crippen molar-refractivity contribution in [1.82, 2.24) is 10.2 Å². The summed E-state index contributed by atoms with van der Waals surface area (Å²) in [7, 11) is 0. The molecule has 1 heterocycles. The first-order valence-corrected chi connectivity index (χ1v) is 8.38. The maximum absolute atomic E-state index is 11.9. The number of ketones is 1. The summed E-state index contributed by atoms with van der Waals surface area (Å²) in [5, 5.41) is 8.55. The van der Waals surface area contributed by atoms with Crippen LogP contribution in [-0.2, 0) is 11.2 Å². The monoisotopic (exact) mass is 318 g/mol. The van der Waals surface area contributed by atoms with Crippen LogP contribution in [0.2, 0.25) is 0 Å². The highest BCUT2D eigenvalue weighted by atomic mass is 32.2. The lowest BCUT2D eigenvalue weighted by atomic mass is 9.92. The average molecular weight is 318 g/mol. The standard InChI is InChI=1S/C17H22N2O2S/c1-12(13-8-6-5-7-9-13)10-15-18-19-16(21-15)22-11-14(20)17(2,3)4/h5-9,12H,10-11H2,1-4H3. The minimum absolute atomic E-state index is 0.176. The maximum atomic E-state index is 11.9. The van der Waals surface area contributed by atoms with Crippen molar-refractivity contribution < 1.29 is 9.21 Å². The van der Waals surface area contributed by atoms with Crippen LogP contribution in [0.5, 0.6) is 0 Å². The van der Waals surface area contributed by atoms with Gasteiger partial charge in [-0.3, -0.25) is 4.79 Å². The Morgan fingerprint density at radius 2 is 1.91 bits per heavy atom. The van der Waals surface area contributed by atoms with Crippen LogP contribution >= 0.6 is 11.8 Å². The molecule has 118 valence electrons. The minimum atomic E-state index is -0.336. The van der Waals surface area contributed by atoms with Crippen molar-refractivity contribution in [1.29, 1.82) is 0 Å². The van der Waals surface area contributed by atoms with Gasteiger partial charge in [0.2, 0.25) is 5.89 Å². The van der Waals surface area contributed by atoms with Gasteiger partial charge >= 0.3 is 0 Å². The number of carbonyl (C=O) groups excluding carboxylic acids is 1. The lowest BCUT2D eigenvalue weighted by Gasteiger charge is -2.14. The van der Waals surface area contributed by atoms with Crippen molar-refractivity contribution in [2.45, 2.75) is 45.3 Å². The number of aromatic nitrogens is 2. The van der Waals surface area contributed by atoms with Gasteiger partial charge in [0.1, 0.15) is 5.78 Å². The van der Waals surface area contributed by atoms with E-state index in [0.717, 1.165) is 0 Å². The van der Waals surface area contributed by atoms with Gasteiger partial charge < -0.3 is 4.42 Å². The van der Waals surface area contributed by atoms with Gasteiger partial charge in [-0.2, -0.15) is 0 Å². The van der Waals surface area contributed by atoms with Crippen LogP contribution in [0.25, 0.3) is 0 Å². The number of carbonyl (C=O) groups is 1. The van der Waals surface area contributed by atoms with Gasteiger partial charge in [-0.1, -0.05) is 69.8 Å². The smallest absolute Gasteiger partial charge is 0.277 e. The Hall–Kier alpha value is -1.62. The Bertz CT molecular complexity index is 617. The molecule has 0 radical (unpaired) electrons. The summed E-state index contributed by atoms with van der Waals surface area (Å²) >= 11 is 1.31. The molecule has 0 N–H and O–H groups in total. The Labute approximate surface area is 135 Å². The van der Waals surface area contributed by atoms with Gasteiger partial charge in [-0.05, 0) is 11.5 Å². The molecular weight excluding hydrogens is 296 g/mol. The van der Waals surface area contributed by atoms with Crippen LogP contribution in [0.1, 0.15) is 45.1 Å². The molecule has 22 heavy (non-hydrogen) atoms. The summed E-state index contributed by atoms with van der Waals surface area (Å²) < 4.78 is 5.63. The maximum Gasteiger partial charge on any atom is 0.277 e. The third kappa shape index (κ3) is 4.70. The molecule has 4 nitrogen and oxygen atoms in total. The summed E-state index contributed by atoms with van der Waals surface area (Å²) in [4.78, 5) is 11.9. The average Bonchev–Trinajstić information content (AvgIpc) is 2.92. The van der Waals surface area contributed by atoms with Gasteiger partial charge in [0, 0.05) is 11.8 Å². The van der Waals surface area contributed by atoms with Crippen LogP contribution in [-0.4, -0.2) is 21.7 Å². The van der Waals surface area contributed by atoms with E-state index in [0.29, 0.717) is 29.2 Å². The SMILES string of the molecule is CC(Cc1nnc(SCC(=O)C(C)(C)C)o1)c1ccccc1. The van der Waals surface area contributed by atoms with E-state index in [2.05, 4.69) is 29.3 Å². The van der Waals surface area contributed by atoms with Gasteiger partial charge in [0.25, 0.3) is 5.22 Å². The summed E-state index contributed by atoms with van der Waals surface area (Å²) in [6, 6.07) is 10.2. The molecule has 0 fully saturated rings. The Balaban J connectivity index is 1.90. The quantitative estimate of drug-likeness (QED) is 0.750. The fraction of sp³-hybridized carbons (Fsp3) is 0.471. The molecule has 2 rings (SSSR count). The van der Waals surface area contributed by atoms with Gasteiger partial charge in [0.05, 0.1) is 5.75 Å². The predicted molar refractivity (Wildman–Crippen MR) is 88.0 cm³/mol. The Morgan fingerprint density at radius 3 is 2.55 bits per heavy atom. The van der Waals surface area contributed by atoms with Crippen molar-refractivity contribution in [3.63, 3.8) is 0 Å². The number of rotatable bonds is 6. The first-order chi connectivity index (χ1) is 10.4. The van der Waals surface area contributed by atoms with Crippen LogP contribution in [0.15, 0.2) is 40.0 Å². The number of Topliss-reactive ketones (excluding diaryl/α,β-unsaturated/α-hetero) is 1. The molecule has 2 aromatic rings. The van der Waals surface area contributed by atoms with E-state index in [1.165, 1.54) is 17.3 Å². The normalized spacial score (nSPS) is 13.1. The van der Waals surface area contributed by atoms with Crippen molar-refractivity contribution in [3.8, 4) is 0 Å². The van der Waals surface area contributed by atoms with E-state index in [1.54, 1.807) is 0 Å². The fourth-order valence-electron chi connectivity index (χ4n) is 1.88. The molecule has 0 saturated carbocycles. The van der Waals surface area contributed by atoms with Crippen LogP contribution < -0.4 is 0 Å². The third-order valence-corrected chi connectivity index (χ3v) is 4.28. The molecule has 0 saturated heterocycles. The highest BCUT2D eigenvalue weighted by Crippen LogP contribution is 2.24. The first-order valence-electron chi connectivity index (χ1n) is 7.39. The summed E-state index contributed by atoms with van der Waals surface area (Å²) in [5.41, 5.74) is 0.912. The van der Waals surface area contributed by atoms with E-state index in [9.17, 15) is 4.79 Å². The van der Waals surface area contributed by atoms with Crippen molar-refractivity contribution in [3.05, 3.63) is 41.8 Å². The number of nitrogens with zero attached hydrogens (tertiary/aromatic N) is 2. The van der Waals surface area contributed by atoms with E-state index in [4.69, 9.17) is 4.42 Å². The summed E-state index contributed by atoms with van der Waals surface area (Å²) in [6.45, 7) is 7.87. The van der Waals surface area contributed by atoms with E-state index >= 15 is 0 Å². The molecule has 0 aliphatic rings. The zero-order valence-electron chi connectivity index (χ0n) is 13.5. The molecule has 0 amide bonds. The van der Waals surface area contributed by atoms with E-state index in [-0.39, 0.29) is 11.2 Å².